The third-order valence-electron chi connectivity index (χ3n) is 4.52. The molecule has 0 spiro atoms. The molecule has 0 radical (unpaired) electrons. The zero-order valence-electron chi connectivity index (χ0n) is 16.6. The number of esters is 1. The normalized spacial score (nSPS) is 19.9. The molecular formula is C23H34O3. The van der Waals surface area contributed by atoms with Crippen molar-refractivity contribution in [2.75, 3.05) is 6.61 Å². The van der Waals surface area contributed by atoms with Crippen LogP contribution in [0, 0.1) is 11.8 Å². The molecule has 1 unspecified atom stereocenters. The Morgan fingerprint density at radius 3 is 2.81 bits per heavy atom. The summed E-state index contributed by atoms with van der Waals surface area (Å²) in [5, 5.41) is 0. The van der Waals surface area contributed by atoms with Gasteiger partial charge in [0.1, 0.15) is 0 Å². The van der Waals surface area contributed by atoms with E-state index in [2.05, 4.69) is 32.1 Å². The van der Waals surface area contributed by atoms with Gasteiger partial charge in [0.05, 0.1) is 6.61 Å². The van der Waals surface area contributed by atoms with Crippen LogP contribution >= 0.6 is 0 Å². The molecule has 1 rings (SSSR count). The van der Waals surface area contributed by atoms with E-state index in [1.165, 1.54) is 26.2 Å². The molecule has 0 saturated heterocycles. The number of unbranched alkanes of at least 4 members (excludes halogenated alkanes) is 3. The fourth-order valence-corrected chi connectivity index (χ4v) is 2.91. The Morgan fingerprint density at radius 2 is 2.08 bits per heavy atom. The molecule has 0 heterocycles. The van der Waals surface area contributed by atoms with Crippen LogP contribution in [-0.2, 0) is 14.3 Å². The van der Waals surface area contributed by atoms with Gasteiger partial charge in [-0.2, -0.15) is 0 Å². The van der Waals surface area contributed by atoms with Gasteiger partial charge < -0.3 is 4.74 Å². The molecule has 0 aromatic heterocycles. The molecule has 1 aliphatic rings. The molecule has 0 bridgehead atoms. The molecule has 0 saturated carbocycles. The third kappa shape index (κ3) is 9.55. The first-order valence-electron chi connectivity index (χ1n) is 9.93. The quantitative estimate of drug-likeness (QED) is 0.194. The number of rotatable bonds is 12. The summed E-state index contributed by atoms with van der Waals surface area (Å²) >= 11 is 0. The first-order chi connectivity index (χ1) is 12.5. The minimum Gasteiger partial charge on any atom is -0.466 e. The minimum atomic E-state index is -0.216. The van der Waals surface area contributed by atoms with Crippen LogP contribution in [0.1, 0.15) is 65.7 Å². The van der Waals surface area contributed by atoms with E-state index in [-0.39, 0.29) is 17.7 Å². The first-order valence-corrected chi connectivity index (χ1v) is 9.93. The highest BCUT2D eigenvalue weighted by Crippen LogP contribution is 2.25. The van der Waals surface area contributed by atoms with Crippen molar-refractivity contribution in [1.29, 1.82) is 0 Å². The van der Waals surface area contributed by atoms with Gasteiger partial charge in [-0.1, -0.05) is 63.1 Å². The molecule has 0 N–H and O–H groups in total. The van der Waals surface area contributed by atoms with Crippen LogP contribution in [0.25, 0.3) is 0 Å². The lowest BCUT2D eigenvalue weighted by Crippen LogP contribution is -2.01. The zero-order chi connectivity index (χ0) is 19.2. The fourth-order valence-electron chi connectivity index (χ4n) is 2.91. The Kier molecular flexibility index (Phi) is 11.3. The summed E-state index contributed by atoms with van der Waals surface area (Å²) in [6.45, 7) is 6.36. The van der Waals surface area contributed by atoms with Crippen LogP contribution < -0.4 is 0 Å². The van der Waals surface area contributed by atoms with Crippen LogP contribution in [0.4, 0.5) is 0 Å². The number of hydrogen-bond donors (Lipinski definition) is 0. The van der Waals surface area contributed by atoms with E-state index in [9.17, 15) is 9.59 Å². The number of hydrogen-bond acceptors (Lipinski definition) is 3. The van der Waals surface area contributed by atoms with Crippen molar-refractivity contribution in [3.63, 3.8) is 0 Å². The van der Waals surface area contributed by atoms with Crippen molar-refractivity contribution in [1.82, 2.24) is 0 Å². The monoisotopic (exact) mass is 358 g/mol. The highest BCUT2D eigenvalue weighted by molar-refractivity contribution is 6.07. The molecule has 0 aromatic carbocycles. The Bertz CT molecular complexity index is 552. The molecule has 2 atom stereocenters. The van der Waals surface area contributed by atoms with E-state index in [0.29, 0.717) is 12.5 Å². The predicted octanol–water partition coefficient (Wildman–Crippen LogP) is 5.73. The Hall–Kier alpha value is -1.90. The largest absolute Gasteiger partial charge is 0.466 e. The molecule has 0 amide bonds. The third-order valence-corrected chi connectivity index (χ3v) is 4.52. The average Bonchev–Trinajstić information content (AvgIpc) is 2.95. The summed E-state index contributed by atoms with van der Waals surface area (Å²) in [5.41, 5.74) is 0.892. The minimum absolute atomic E-state index is 0.135. The molecule has 0 fully saturated rings. The second kappa shape index (κ2) is 13.3. The molecule has 1 aliphatic carbocycles. The summed E-state index contributed by atoms with van der Waals surface area (Å²) in [6.07, 6.45) is 21.6. The Labute approximate surface area is 158 Å². The van der Waals surface area contributed by atoms with Crippen molar-refractivity contribution in [2.45, 2.75) is 65.7 Å². The first kappa shape index (κ1) is 22.1. The van der Waals surface area contributed by atoms with Crippen LogP contribution in [0.2, 0.25) is 0 Å². The summed E-state index contributed by atoms with van der Waals surface area (Å²) in [4.78, 5) is 22.7. The number of ketones is 1. The number of allylic oxidation sites excluding steroid dienone is 8. The molecule has 3 nitrogen and oxygen atoms in total. The number of carbonyl (C=O) groups excluding carboxylic acids is 2. The number of ether oxygens (including phenoxy) is 1. The lowest BCUT2D eigenvalue weighted by atomic mass is 9.97. The van der Waals surface area contributed by atoms with Gasteiger partial charge in [-0.3, -0.25) is 9.59 Å². The molecule has 3 heteroatoms. The van der Waals surface area contributed by atoms with E-state index in [4.69, 9.17) is 4.74 Å². The predicted molar refractivity (Wildman–Crippen MR) is 108 cm³/mol. The van der Waals surface area contributed by atoms with Gasteiger partial charge >= 0.3 is 5.97 Å². The number of carbonyl (C=O) groups is 2. The van der Waals surface area contributed by atoms with Crippen LogP contribution in [-0.4, -0.2) is 18.4 Å². The van der Waals surface area contributed by atoms with Gasteiger partial charge in [-0.05, 0) is 44.1 Å². The highest BCUT2D eigenvalue weighted by atomic mass is 16.5. The maximum Gasteiger partial charge on any atom is 0.302 e. The van der Waals surface area contributed by atoms with Crippen LogP contribution in [0.3, 0.4) is 0 Å². The maximum atomic E-state index is 12.0. The van der Waals surface area contributed by atoms with Crippen molar-refractivity contribution in [2.24, 2.45) is 11.8 Å². The SMILES string of the molecule is CCCCC(C)C=CC=C1C(=O)C=C[C@@H]1C/C=C\CCCCOC(C)=O. The van der Waals surface area contributed by atoms with Crippen LogP contribution in [0.5, 0.6) is 0 Å². The van der Waals surface area contributed by atoms with Gasteiger partial charge in [-0.15, -0.1) is 0 Å². The molecule has 0 aromatic rings. The summed E-state index contributed by atoms with van der Waals surface area (Å²) in [5.74, 6) is 0.666. The van der Waals surface area contributed by atoms with Gasteiger partial charge in [0, 0.05) is 18.4 Å². The van der Waals surface area contributed by atoms with E-state index >= 15 is 0 Å². The molecule has 26 heavy (non-hydrogen) atoms. The van der Waals surface area contributed by atoms with Crippen molar-refractivity contribution < 1.29 is 14.3 Å². The van der Waals surface area contributed by atoms with Crippen molar-refractivity contribution in [3.05, 3.63) is 48.1 Å². The second-order valence-electron chi connectivity index (χ2n) is 7.00. The van der Waals surface area contributed by atoms with E-state index in [0.717, 1.165) is 31.3 Å². The van der Waals surface area contributed by atoms with Crippen molar-refractivity contribution >= 4 is 11.8 Å². The van der Waals surface area contributed by atoms with Crippen molar-refractivity contribution in [3.8, 4) is 0 Å². The fraction of sp³-hybridized carbons (Fsp3) is 0.565. The standard InChI is InChI=1S/C23H34O3/c1-4-5-12-19(2)13-11-15-22-21(16-17-23(22)25)14-9-7-6-8-10-18-26-20(3)24/h7,9,11,13,15-17,19,21H,4-6,8,10,12,14,18H2,1-3H3/b9-7-,13-11?,22-15?/t19?,21-/m0/s1. The van der Waals surface area contributed by atoms with E-state index < -0.39 is 0 Å². The highest BCUT2D eigenvalue weighted by Gasteiger charge is 2.20. The maximum absolute atomic E-state index is 12.0. The Balaban J connectivity index is 2.36. The topological polar surface area (TPSA) is 43.4 Å². The summed E-state index contributed by atoms with van der Waals surface area (Å²) < 4.78 is 4.91. The van der Waals surface area contributed by atoms with Crippen LogP contribution in [0.15, 0.2) is 48.1 Å². The average molecular weight is 359 g/mol. The van der Waals surface area contributed by atoms with Gasteiger partial charge in [0.25, 0.3) is 0 Å². The van der Waals surface area contributed by atoms with Gasteiger partial charge in [0.15, 0.2) is 5.78 Å². The van der Waals surface area contributed by atoms with E-state index in [1.54, 1.807) is 6.08 Å². The molecular weight excluding hydrogens is 324 g/mol. The smallest absolute Gasteiger partial charge is 0.302 e. The lowest BCUT2D eigenvalue weighted by Gasteiger charge is -2.07. The zero-order valence-corrected chi connectivity index (χ0v) is 16.6. The summed E-state index contributed by atoms with van der Waals surface area (Å²) in [6, 6.07) is 0. The van der Waals surface area contributed by atoms with Gasteiger partial charge in [-0.25, -0.2) is 0 Å². The molecule has 0 aliphatic heterocycles. The summed E-state index contributed by atoms with van der Waals surface area (Å²) in [7, 11) is 0. The molecule has 144 valence electrons. The van der Waals surface area contributed by atoms with Gasteiger partial charge in [0.2, 0.25) is 0 Å². The van der Waals surface area contributed by atoms with E-state index in [1.807, 2.05) is 18.2 Å². The Morgan fingerprint density at radius 1 is 1.27 bits per heavy atom. The lowest BCUT2D eigenvalue weighted by molar-refractivity contribution is -0.141. The second-order valence-corrected chi connectivity index (χ2v) is 7.00.